The van der Waals surface area contributed by atoms with E-state index in [1.807, 2.05) is 22.9 Å². The average molecular weight is 242 g/mol. The Labute approximate surface area is 97.4 Å². The van der Waals surface area contributed by atoms with Crippen LogP contribution in [0.15, 0.2) is 30.7 Å². The predicted molar refractivity (Wildman–Crippen MR) is 61.5 cm³/mol. The quantitative estimate of drug-likeness (QED) is 0.879. The van der Waals surface area contributed by atoms with Crippen molar-refractivity contribution in [2.24, 2.45) is 5.73 Å². The maximum atomic E-state index is 5.90. The number of hydrogen-bond acceptors (Lipinski definition) is 2. The van der Waals surface area contributed by atoms with Crippen molar-refractivity contribution in [1.29, 1.82) is 0 Å². The monoisotopic (exact) mass is 241 g/mol. The fourth-order valence-corrected chi connectivity index (χ4v) is 1.81. The SMILES string of the molecule is NCc1cn(-c2cc(Cl)cc(Cl)c2)cn1. The molecule has 5 heteroatoms. The molecule has 0 unspecified atom stereocenters. The zero-order chi connectivity index (χ0) is 10.8. The van der Waals surface area contributed by atoms with E-state index in [-0.39, 0.29) is 0 Å². The summed E-state index contributed by atoms with van der Waals surface area (Å²) in [5.74, 6) is 0. The first-order valence-electron chi connectivity index (χ1n) is 4.38. The van der Waals surface area contributed by atoms with Crippen LogP contribution in [-0.2, 0) is 6.54 Å². The summed E-state index contributed by atoms with van der Waals surface area (Å²) >= 11 is 11.8. The van der Waals surface area contributed by atoms with Crippen molar-refractivity contribution in [2.75, 3.05) is 0 Å². The standard InChI is InChI=1S/C10H9Cl2N3/c11-7-1-8(12)3-10(2-7)15-5-9(4-13)14-6-15/h1-3,5-6H,4,13H2. The Kier molecular flexibility index (Phi) is 2.95. The van der Waals surface area contributed by atoms with E-state index in [0.29, 0.717) is 16.6 Å². The van der Waals surface area contributed by atoms with E-state index in [0.717, 1.165) is 11.4 Å². The molecule has 0 aliphatic carbocycles. The molecule has 2 rings (SSSR count). The topological polar surface area (TPSA) is 43.8 Å². The van der Waals surface area contributed by atoms with Gasteiger partial charge in [0.2, 0.25) is 0 Å². The van der Waals surface area contributed by atoms with E-state index >= 15 is 0 Å². The molecule has 0 amide bonds. The molecule has 0 aliphatic heterocycles. The summed E-state index contributed by atoms with van der Waals surface area (Å²) in [6.07, 6.45) is 3.53. The van der Waals surface area contributed by atoms with E-state index in [1.165, 1.54) is 0 Å². The van der Waals surface area contributed by atoms with Crippen LogP contribution in [-0.4, -0.2) is 9.55 Å². The Morgan fingerprint density at radius 3 is 2.40 bits per heavy atom. The van der Waals surface area contributed by atoms with Crippen LogP contribution in [0.25, 0.3) is 5.69 Å². The summed E-state index contributed by atoms with van der Waals surface area (Å²) in [6, 6.07) is 5.32. The van der Waals surface area contributed by atoms with Gasteiger partial charge in [-0.25, -0.2) is 4.98 Å². The molecule has 1 aromatic carbocycles. The Bertz CT molecular complexity index is 459. The van der Waals surface area contributed by atoms with Gasteiger partial charge >= 0.3 is 0 Å². The van der Waals surface area contributed by atoms with Gasteiger partial charge in [-0.3, -0.25) is 0 Å². The van der Waals surface area contributed by atoms with Crippen LogP contribution in [0.4, 0.5) is 0 Å². The van der Waals surface area contributed by atoms with Crippen molar-refractivity contribution in [3.05, 3.63) is 46.5 Å². The van der Waals surface area contributed by atoms with Gasteiger partial charge in [-0.15, -0.1) is 0 Å². The average Bonchev–Trinajstić information content (AvgIpc) is 2.64. The van der Waals surface area contributed by atoms with E-state index in [2.05, 4.69) is 4.98 Å². The van der Waals surface area contributed by atoms with E-state index in [1.54, 1.807) is 12.4 Å². The normalized spacial score (nSPS) is 10.6. The van der Waals surface area contributed by atoms with E-state index in [4.69, 9.17) is 28.9 Å². The highest BCUT2D eigenvalue weighted by atomic mass is 35.5. The number of aromatic nitrogens is 2. The maximum Gasteiger partial charge on any atom is 0.0995 e. The number of hydrogen-bond donors (Lipinski definition) is 1. The molecule has 0 saturated carbocycles. The summed E-state index contributed by atoms with van der Waals surface area (Å²) in [4.78, 5) is 4.12. The number of halogens is 2. The predicted octanol–water partition coefficient (Wildman–Crippen LogP) is 2.64. The lowest BCUT2D eigenvalue weighted by Crippen LogP contribution is -1.95. The zero-order valence-electron chi connectivity index (χ0n) is 7.82. The Hall–Kier alpha value is -1.03. The second-order valence-electron chi connectivity index (χ2n) is 3.10. The van der Waals surface area contributed by atoms with Crippen LogP contribution in [0.2, 0.25) is 10.0 Å². The molecule has 2 N–H and O–H groups in total. The van der Waals surface area contributed by atoms with E-state index in [9.17, 15) is 0 Å². The third kappa shape index (κ3) is 2.31. The third-order valence-corrected chi connectivity index (χ3v) is 2.43. The maximum absolute atomic E-state index is 5.90. The highest BCUT2D eigenvalue weighted by Gasteiger charge is 2.02. The van der Waals surface area contributed by atoms with Gasteiger partial charge in [0.15, 0.2) is 0 Å². The largest absolute Gasteiger partial charge is 0.325 e. The molecule has 1 heterocycles. The molecule has 15 heavy (non-hydrogen) atoms. The lowest BCUT2D eigenvalue weighted by molar-refractivity contribution is 1.01. The molecule has 3 nitrogen and oxygen atoms in total. The zero-order valence-corrected chi connectivity index (χ0v) is 9.33. The minimum Gasteiger partial charge on any atom is -0.325 e. The van der Waals surface area contributed by atoms with Crippen LogP contribution in [0, 0.1) is 0 Å². The first kappa shape index (κ1) is 10.5. The summed E-state index contributed by atoms with van der Waals surface area (Å²) in [5.41, 5.74) is 7.17. The van der Waals surface area contributed by atoms with Gasteiger partial charge in [0.05, 0.1) is 12.0 Å². The summed E-state index contributed by atoms with van der Waals surface area (Å²) in [6.45, 7) is 0.418. The molecular weight excluding hydrogens is 233 g/mol. The van der Waals surface area contributed by atoms with Gasteiger partial charge in [-0.2, -0.15) is 0 Å². The molecule has 0 spiro atoms. The van der Waals surface area contributed by atoms with Crippen molar-refractivity contribution in [3.8, 4) is 5.69 Å². The molecule has 0 atom stereocenters. The van der Waals surface area contributed by atoms with Gasteiger partial charge in [-0.1, -0.05) is 23.2 Å². The van der Waals surface area contributed by atoms with Crippen molar-refractivity contribution in [3.63, 3.8) is 0 Å². The minimum absolute atomic E-state index is 0.418. The lowest BCUT2D eigenvalue weighted by atomic mass is 10.3. The Balaban J connectivity index is 2.44. The van der Waals surface area contributed by atoms with Gasteiger partial charge in [0, 0.05) is 28.5 Å². The molecule has 1 aromatic heterocycles. The summed E-state index contributed by atoms with van der Waals surface area (Å²) < 4.78 is 1.83. The van der Waals surface area contributed by atoms with Crippen LogP contribution >= 0.6 is 23.2 Å². The second kappa shape index (κ2) is 4.23. The van der Waals surface area contributed by atoms with Gasteiger partial charge in [0.1, 0.15) is 0 Å². The number of nitrogens with two attached hydrogens (primary N) is 1. The minimum atomic E-state index is 0.418. The fraction of sp³-hybridized carbons (Fsp3) is 0.100. The first-order chi connectivity index (χ1) is 7.19. The molecule has 78 valence electrons. The van der Waals surface area contributed by atoms with Gasteiger partial charge < -0.3 is 10.3 Å². The number of benzene rings is 1. The Morgan fingerprint density at radius 1 is 1.20 bits per heavy atom. The number of imidazole rings is 1. The van der Waals surface area contributed by atoms with Gasteiger partial charge in [-0.05, 0) is 18.2 Å². The molecule has 0 radical (unpaired) electrons. The van der Waals surface area contributed by atoms with Crippen molar-refractivity contribution in [1.82, 2.24) is 9.55 Å². The van der Waals surface area contributed by atoms with Crippen molar-refractivity contribution in [2.45, 2.75) is 6.54 Å². The molecule has 0 aliphatic rings. The molecular formula is C10H9Cl2N3. The fourth-order valence-electron chi connectivity index (χ4n) is 1.30. The highest BCUT2D eigenvalue weighted by molar-refractivity contribution is 6.34. The lowest BCUT2D eigenvalue weighted by Gasteiger charge is -2.03. The van der Waals surface area contributed by atoms with Crippen LogP contribution < -0.4 is 5.73 Å². The number of nitrogens with zero attached hydrogens (tertiary/aromatic N) is 2. The van der Waals surface area contributed by atoms with E-state index < -0.39 is 0 Å². The van der Waals surface area contributed by atoms with Crippen molar-refractivity contribution < 1.29 is 0 Å². The third-order valence-electron chi connectivity index (χ3n) is 1.99. The van der Waals surface area contributed by atoms with Crippen molar-refractivity contribution >= 4 is 23.2 Å². The molecule has 2 aromatic rings. The molecule has 0 bridgehead atoms. The first-order valence-corrected chi connectivity index (χ1v) is 5.14. The number of rotatable bonds is 2. The molecule has 0 fully saturated rings. The smallest absolute Gasteiger partial charge is 0.0995 e. The second-order valence-corrected chi connectivity index (χ2v) is 3.98. The summed E-state index contributed by atoms with van der Waals surface area (Å²) in [5, 5.41) is 1.20. The molecule has 0 saturated heterocycles. The van der Waals surface area contributed by atoms with Gasteiger partial charge in [0.25, 0.3) is 0 Å². The summed E-state index contributed by atoms with van der Waals surface area (Å²) in [7, 11) is 0. The Morgan fingerprint density at radius 2 is 1.87 bits per heavy atom. The van der Waals surface area contributed by atoms with Crippen LogP contribution in [0.3, 0.4) is 0 Å². The highest BCUT2D eigenvalue weighted by Crippen LogP contribution is 2.21. The van der Waals surface area contributed by atoms with Crippen LogP contribution in [0.5, 0.6) is 0 Å². The van der Waals surface area contributed by atoms with Crippen LogP contribution in [0.1, 0.15) is 5.69 Å².